The Labute approximate surface area is 447 Å². The van der Waals surface area contributed by atoms with Gasteiger partial charge in [-0.1, -0.05) is 204 Å². The van der Waals surface area contributed by atoms with Crippen LogP contribution in [0.4, 0.5) is 0 Å². The van der Waals surface area contributed by atoms with Crippen molar-refractivity contribution < 1.29 is 52.2 Å². The van der Waals surface area contributed by atoms with Crippen molar-refractivity contribution in [3.63, 3.8) is 0 Å². The fourth-order valence-electron chi connectivity index (χ4n) is 6.43. The molecule has 0 amide bonds. The molecule has 0 aromatic heterocycles. The smallest absolute Gasteiger partial charge is 0.462 e. The van der Waals surface area contributed by atoms with Gasteiger partial charge in [0.15, 0.2) is 6.10 Å². The molecule has 74 heavy (non-hydrogen) atoms. The summed E-state index contributed by atoms with van der Waals surface area (Å²) >= 11 is 0. The number of allylic oxidation sites excluding steroid dienone is 25. The Morgan fingerprint density at radius 1 is 0.392 bits per heavy atom. The van der Waals surface area contributed by atoms with Gasteiger partial charge in [0.25, 0.3) is 0 Å². The maximum absolute atomic E-state index is 12.9. The highest BCUT2D eigenvalue weighted by atomic mass is 31.2. The van der Waals surface area contributed by atoms with E-state index in [-0.39, 0.29) is 19.3 Å². The molecule has 414 valence electrons. The molecule has 0 aromatic carbocycles. The van der Waals surface area contributed by atoms with Crippen LogP contribution in [-0.2, 0) is 42.2 Å². The van der Waals surface area contributed by atoms with Crippen molar-refractivity contribution in [2.75, 3.05) is 26.4 Å². The van der Waals surface area contributed by atoms with Gasteiger partial charge in [-0.2, -0.15) is 0 Å². The van der Waals surface area contributed by atoms with Crippen LogP contribution in [0.3, 0.4) is 0 Å². The van der Waals surface area contributed by atoms with Crippen LogP contribution in [0, 0.1) is 0 Å². The summed E-state index contributed by atoms with van der Waals surface area (Å²) in [5, 5.41) is 9.78. The number of phosphoric acid groups is 1. The molecule has 0 spiro atoms. The Bertz CT molecular complexity index is 1840. The first-order valence-electron chi connectivity index (χ1n) is 27.4. The molecule has 3 atom stereocenters. The molecular formula is C62H95O11P. The fourth-order valence-corrected chi connectivity index (χ4v) is 7.22. The van der Waals surface area contributed by atoms with Crippen molar-refractivity contribution in [1.29, 1.82) is 0 Å². The molecule has 0 aromatic rings. The molecule has 11 nitrogen and oxygen atoms in total. The number of ether oxygens (including phenoxy) is 3. The molecule has 0 aliphatic heterocycles. The number of unbranched alkanes of at least 4 members (excludes halogenated alkanes) is 6. The van der Waals surface area contributed by atoms with Crippen LogP contribution >= 0.6 is 7.82 Å². The third kappa shape index (κ3) is 52.0. The van der Waals surface area contributed by atoms with Crippen LogP contribution in [0.25, 0.3) is 0 Å². The summed E-state index contributed by atoms with van der Waals surface area (Å²) in [6.45, 7) is 4.05. The highest BCUT2D eigenvalue weighted by molar-refractivity contribution is 7.47. The molecule has 2 N–H and O–H groups in total. The van der Waals surface area contributed by atoms with E-state index < -0.39 is 64.4 Å². The van der Waals surface area contributed by atoms with Gasteiger partial charge in [0.05, 0.1) is 26.2 Å². The van der Waals surface area contributed by atoms with E-state index in [1.165, 1.54) is 0 Å². The van der Waals surface area contributed by atoms with Crippen LogP contribution in [0.2, 0.25) is 0 Å². The van der Waals surface area contributed by atoms with E-state index in [4.69, 9.17) is 23.3 Å². The largest absolute Gasteiger partial charge is 0.472 e. The van der Waals surface area contributed by atoms with Crippen molar-refractivity contribution in [1.82, 2.24) is 0 Å². The lowest BCUT2D eigenvalue weighted by Crippen LogP contribution is -2.30. The molecule has 0 saturated carbocycles. The zero-order chi connectivity index (χ0) is 54.1. The van der Waals surface area contributed by atoms with E-state index in [1.54, 1.807) is 6.08 Å². The van der Waals surface area contributed by atoms with Crippen molar-refractivity contribution in [3.05, 3.63) is 158 Å². The molecule has 0 aliphatic carbocycles. The monoisotopic (exact) mass is 1050 g/mol. The molecule has 0 radical (unpaired) electrons. The van der Waals surface area contributed by atoms with Crippen LogP contribution in [-0.4, -0.2) is 66.5 Å². The number of carbonyl (C=O) groups is 3. The van der Waals surface area contributed by atoms with Crippen LogP contribution in [0.5, 0.6) is 0 Å². The molecule has 0 saturated heterocycles. The lowest BCUT2D eigenvalue weighted by molar-refractivity contribution is -0.161. The summed E-state index contributed by atoms with van der Waals surface area (Å²) in [5.41, 5.74) is 0. The summed E-state index contributed by atoms with van der Waals surface area (Å²) in [7, 11) is -4.80. The Kier molecular flexibility index (Phi) is 50.8. The second kappa shape index (κ2) is 54.4. The van der Waals surface area contributed by atoms with E-state index in [1.807, 2.05) is 30.4 Å². The average molecular weight is 1050 g/mol. The molecule has 0 rings (SSSR count). The van der Waals surface area contributed by atoms with Crippen molar-refractivity contribution in [2.45, 2.75) is 187 Å². The Morgan fingerprint density at radius 2 is 0.743 bits per heavy atom. The van der Waals surface area contributed by atoms with Gasteiger partial charge in [0, 0.05) is 12.8 Å². The zero-order valence-electron chi connectivity index (χ0n) is 45.5. The van der Waals surface area contributed by atoms with E-state index in [2.05, 4.69) is 142 Å². The lowest BCUT2D eigenvalue weighted by Gasteiger charge is -2.21. The van der Waals surface area contributed by atoms with E-state index in [9.17, 15) is 28.9 Å². The van der Waals surface area contributed by atoms with Crippen molar-refractivity contribution >= 4 is 25.7 Å². The fraction of sp³-hybridized carbons (Fsp3) is 0.532. The highest BCUT2D eigenvalue weighted by Gasteiger charge is 2.28. The predicted octanol–water partition coefficient (Wildman–Crippen LogP) is 16.1. The van der Waals surface area contributed by atoms with Gasteiger partial charge < -0.3 is 24.2 Å². The maximum atomic E-state index is 12.9. The Morgan fingerprint density at radius 3 is 1.18 bits per heavy atom. The van der Waals surface area contributed by atoms with E-state index in [0.29, 0.717) is 19.3 Å². The first kappa shape index (κ1) is 69.1. The molecular weight excluding hydrogens is 952 g/mol. The van der Waals surface area contributed by atoms with Crippen molar-refractivity contribution in [3.8, 4) is 0 Å². The zero-order valence-corrected chi connectivity index (χ0v) is 46.4. The van der Waals surface area contributed by atoms with Gasteiger partial charge in [-0.15, -0.1) is 0 Å². The summed E-state index contributed by atoms with van der Waals surface area (Å²) in [4.78, 5) is 48.4. The summed E-state index contributed by atoms with van der Waals surface area (Å²) in [6.07, 6.45) is 71.1. The first-order chi connectivity index (χ1) is 36.2. The quantitative estimate of drug-likeness (QED) is 0.0197. The van der Waals surface area contributed by atoms with Gasteiger partial charge in [-0.25, -0.2) is 4.57 Å². The third-order valence-corrected chi connectivity index (χ3v) is 11.4. The number of carbonyl (C=O) groups excluding carboxylic acids is 3. The van der Waals surface area contributed by atoms with Gasteiger partial charge in [0.2, 0.25) is 0 Å². The van der Waals surface area contributed by atoms with E-state index >= 15 is 0 Å². The number of aliphatic hydroxyl groups is 1. The summed E-state index contributed by atoms with van der Waals surface area (Å²) in [5.74, 6) is -1.74. The number of hydrogen-bond donors (Lipinski definition) is 2. The normalized spacial score (nSPS) is 14.6. The first-order valence-corrected chi connectivity index (χ1v) is 28.9. The second-order valence-corrected chi connectivity index (χ2v) is 18.7. The molecule has 0 heterocycles. The third-order valence-electron chi connectivity index (χ3n) is 10.5. The second-order valence-electron chi connectivity index (χ2n) is 17.3. The van der Waals surface area contributed by atoms with Crippen LogP contribution in [0.1, 0.15) is 175 Å². The maximum Gasteiger partial charge on any atom is 0.472 e. The SMILES string of the molecule is CC/C=C\C/C=C\C/C=C\C/C=C\C/C=C\CC(=O)OC(CO)COP(=O)(O)OCC(COC(=O)CC/C=C\C/C=C\C/C=C\C/C=C\CC)OC(=O)CCCCCCCC/C=C\C/C=C\C/C=C\C/C=C\CC. The van der Waals surface area contributed by atoms with Crippen molar-refractivity contribution in [2.24, 2.45) is 0 Å². The average Bonchev–Trinajstić information content (AvgIpc) is 3.39. The predicted molar refractivity (Wildman–Crippen MR) is 306 cm³/mol. The highest BCUT2D eigenvalue weighted by Crippen LogP contribution is 2.43. The van der Waals surface area contributed by atoms with Crippen LogP contribution in [0.15, 0.2) is 158 Å². The number of rotatable bonds is 48. The van der Waals surface area contributed by atoms with Gasteiger partial charge in [-0.05, 0) is 109 Å². The van der Waals surface area contributed by atoms with Gasteiger partial charge in [0.1, 0.15) is 12.7 Å². The number of phosphoric ester groups is 1. The molecule has 0 fully saturated rings. The molecule has 3 unspecified atom stereocenters. The summed E-state index contributed by atoms with van der Waals surface area (Å²) in [6, 6.07) is 0. The van der Waals surface area contributed by atoms with Gasteiger partial charge in [-0.3, -0.25) is 23.4 Å². The molecule has 12 heteroatoms. The number of aliphatic hydroxyl groups excluding tert-OH is 1. The minimum absolute atomic E-state index is 0.0697. The summed E-state index contributed by atoms with van der Waals surface area (Å²) < 4.78 is 39.2. The number of esters is 3. The van der Waals surface area contributed by atoms with Gasteiger partial charge >= 0.3 is 25.7 Å². The van der Waals surface area contributed by atoms with Crippen LogP contribution < -0.4 is 0 Å². The minimum atomic E-state index is -4.80. The molecule has 0 bridgehead atoms. The lowest BCUT2D eigenvalue weighted by atomic mass is 10.1. The standard InChI is InChI=1S/C62H95O11P/c1-4-7-10-13-16-19-22-25-27-28-29-30-32-35-38-41-44-47-50-53-62(66)73-59(55-69-60(64)51-48-45-42-39-36-33-24-21-18-15-12-9-6-3)57-71-74(67,68)70-56-58(54-63)72-61(65)52-49-46-43-40-37-34-31-26-23-20-17-14-11-8-5-2/h7-12,16-21,25-27,29-31,33,36-37,40,42,45-46,49,58-59,63H,4-6,13-15,22-24,28,32,34-35,38-39,41,43-44,47-48,50-57H2,1-3H3,(H,67,68)/b10-7-,11-8-,12-9-,19-16-,20-17-,21-18-,27-25-,30-29-,31-26-,36-33-,40-37-,45-42-,49-46-. The topological polar surface area (TPSA) is 155 Å². The Hall–Kier alpha value is -4.90. The molecule has 0 aliphatic rings. The number of hydrogen-bond acceptors (Lipinski definition) is 10. The van der Waals surface area contributed by atoms with E-state index in [0.717, 1.165) is 116 Å². The Balaban J connectivity index is 4.93. The minimum Gasteiger partial charge on any atom is -0.462 e.